The molecule has 0 spiro atoms. The summed E-state index contributed by atoms with van der Waals surface area (Å²) in [4.78, 5) is 12.0. The third-order valence-electron chi connectivity index (χ3n) is 4.00. The monoisotopic (exact) mass is 314 g/mol. The van der Waals surface area contributed by atoms with Crippen molar-refractivity contribution in [2.45, 2.75) is 31.5 Å². The van der Waals surface area contributed by atoms with Crippen LogP contribution in [-0.4, -0.2) is 28.5 Å². The molecule has 1 aromatic carbocycles. The molecule has 1 aromatic heterocycles. The molecule has 0 unspecified atom stereocenters. The van der Waals surface area contributed by atoms with Crippen LogP contribution in [0.15, 0.2) is 42.7 Å². The third-order valence-corrected chi connectivity index (χ3v) is 4.00. The highest BCUT2D eigenvalue weighted by molar-refractivity contribution is 5.74. The number of urea groups is 1. The van der Waals surface area contributed by atoms with Gasteiger partial charge in [-0.05, 0) is 18.4 Å². The van der Waals surface area contributed by atoms with Crippen LogP contribution >= 0.6 is 0 Å². The number of hydrogen-bond donors (Lipinski definition) is 2. The van der Waals surface area contributed by atoms with Crippen molar-refractivity contribution >= 4 is 6.03 Å². The molecule has 122 valence electrons. The zero-order chi connectivity index (χ0) is 16.1. The summed E-state index contributed by atoms with van der Waals surface area (Å²) in [6.07, 6.45) is 5.32. The van der Waals surface area contributed by atoms with Gasteiger partial charge in [-0.2, -0.15) is 5.10 Å². The van der Waals surface area contributed by atoms with E-state index in [-0.39, 0.29) is 18.2 Å². The fourth-order valence-electron chi connectivity index (χ4n) is 2.81. The van der Waals surface area contributed by atoms with E-state index >= 15 is 0 Å². The number of amides is 2. The minimum Gasteiger partial charge on any atom is -0.373 e. The molecule has 6 heteroatoms. The zero-order valence-electron chi connectivity index (χ0n) is 13.2. The first-order valence-corrected chi connectivity index (χ1v) is 7.89. The highest BCUT2D eigenvalue weighted by atomic mass is 16.5. The molecule has 3 rings (SSSR count). The first-order chi connectivity index (χ1) is 11.2. The Labute approximate surface area is 135 Å². The molecule has 2 heterocycles. The van der Waals surface area contributed by atoms with E-state index in [1.54, 1.807) is 10.9 Å². The van der Waals surface area contributed by atoms with Crippen LogP contribution in [-0.2, 0) is 18.3 Å². The fraction of sp³-hybridized carbons (Fsp3) is 0.412. The smallest absolute Gasteiger partial charge is 0.315 e. The predicted molar refractivity (Wildman–Crippen MR) is 86.7 cm³/mol. The summed E-state index contributed by atoms with van der Waals surface area (Å²) in [5, 5.41) is 9.99. The van der Waals surface area contributed by atoms with Crippen LogP contribution in [0.1, 0.15) is 30.1 Å². The molecule has 2 N–H and O–H groups in total. The van der Waals surface area contributed by atoms with Gasteiger partial charge in [0.25, 0.3) is 0 Å². The number of nitrogens with one attached hydrogen (secondary N) is 2. The van der Waals surface area contributed by atoms with Gasteiger partial charge < -0.3 is 15.4 Å². The Morgan fingerprint density at radius 3 is 2.96 bits per heavy atom. The molecule has 0 aliphatic carbocycles. The molecule has 0 radical (unpaired) electrons. The second kappa shape index (κ2) is 7.28. The van der Waals surface area contributed by atoms with Gasteiger partial charge in [0.05, 0.1) is 12.3 Å². The molecule has 1 aliphatic rings. The van der Waals surface area contributed by atoms with Gasteiger partial charge in [0.1, 0.15) is 0 Å². The van der Waals surface area contributed by atoms with Gasteiger partial charge >= 0.3 is 6.03 Å². The molecule has 1 fully saturated rings. The van der Waals surface area contributed by atoms with Crippen molar-refractivity contribution in [2.75, 3.05) is 6.61 Å². The lowest BCUT2D eigenvalue weighted by Gasteiger charge is -2.30. The Kier molecular flexibility index (Phi) is 4.92. The van der Waals surface area contributed by atoms with Gasteiger partial charge in [-0.1, -0.05) is 30.3 Å². The number of hydrogen-bond acceptors (Lipinski definition) is 3. The van der Waals surface area contributed by atoms with Gasteiger partial charge in [-0.25, -0.2) is 4.79 Å². The van der Waals surface area contributed by atoms with Crippen molar-refractivity contribution in [1.82, 2.24) is 20.4 Å². The lowest BCUT2D eigenvalue weighted by molar-refractivity contribution is 0.00225. The summed E-state index contributed by atoms with van der Waals surface area (Å²) in [7, 11) is 1.86. The fourth-order valence-corrected chi connectivity index (χ4v) is 2.81. The van der Waals surface area contributed by atoms with Crippen LogP contribution in [0.2, 0.25) is 0 Å². The lowest BCUT2D eigenvalue weighted by atomic mass is 9.97. The normalized spacial score (nSPS) is 20.9. The van der Waals surface area contributed by atoms with Gasteiger partial charge in [0.15, 0.2) is 0 Å². The number of aryl methyl sites for hydroxylation is 1. The molecular weight excluding hydrogens is 292 g/mol. The Morgan fingerprint density at radius 2 is 2.22 bits per heavy atom. The molecule has 1 saturated heterocycles. The molecule has 2 atom stereocenters. The standard InChI is InChI=1S/C17H22N4O2/c1-21-12-13(11-19-21)10-18-17(22)20-15-7-8-23-16(9-15)14-5-3-2-4-6-14/h2-6,11-12,15-16H,7-10H2,1H3,(H2,18,20,22)/t15-,16+/m0/s1. The van der Waals surface area contributed by atoms with Crippen molar-refractivity contribution in [2.24, 2.45) is 7.05 Å². The van der Waals surface area contributed by atoms with E-state index < -0.39 is 0 Å². The molecular formula is C17H22N4O2. The largest absolute Gasteiger partial charge is 0.373 e. The third kappa shape index (κ3) is 4.32. The summed E-state index contributed by atoms with van der Waals surface area (Å²) in [5.41, 5.74) is 2.14. The number of benzene rings is 1. The van der Waals surface area contributed by atoms with E-state index in [1.165, 1.54) is 0 Å². The highest BCUT2D eigenvalue weighted by Crippen LogP contribution is 2.27. The number of carbonyl (C=O) groups excluding carboxylic acids is 1. The van der Waals surface area contributed by atoms with Crippen molar-refractivity contribution in [3.8, 4) is 0 Å². The summed E-state index contributed by atoms with van der Waals surface area (Å²) in [6.45, 7) is 1.14. The Hall–Kier alpha value is -2.34. The average molecular weight is 314 g/mol. The topological polar surface area (TPSA) is 68.2 Å². The molecule has 23 heavy (non-hydrogen) atoms. The summed E-state index contributed by atoms with van der Waals surface area (Å²) < 4.78 is 7.55. The van der Waals surface area contributed by atoms with Crippen molar-refractivity contribution in [3.05, 3.63) is 53.9 Å². The van der Waals surface area contributed by atoms with Crippen molar-refractivity contribution < 1.29 is 9.53 Å². The van der Waals surface area contributed by atoms with E-state index in [2.05, 4.69) is 27.9 Å². The Bertz CT molecular complexity index is 641. The highest BCUT2D eigenvalue weighted by Gasteiger charge is 2.24. The molecule has 2 amide bonds. The van der Waals surface area contributed by atoms with Gasteiger partial charge in [-0.15, -0.1) is 0 Å². The van der Waals surface area contributed by atoms with Crippen molar-refractivity contribution in [3.63, 3.8) is 0 Å². The van der Waals surface area contributed by atoms with Crippen molar-refractivity contribution in [1.29, 1.82) is 0 Å². The quantitative estimate of drug-likeness (QED) is 0.908. The van der Waals surface area contributed by atoms with E-state index in [1.807, 2.05) is 31.4 Å². The summed E-state index contributed by atoms with van der Waals surface area (Å²) in [6, 6.07) is 10.1. The van der Waals surface area contributed by atoms with Crippen LogP contribution in [0.4, 0.5) is 4.79 Å². The van der Waals surface area contributed by atoms with E-state index in [0.717, 1.165) is 24.0 Å². The number of carbonyl (C=O) groups is 1. The first-order valence-electron chi connectivity index (χ1n) is 7.89. The minimum absolute atomic E-state index is 0.0496. The van der Waals surface area contributed by atoms with E-state index in [9.17, 15) is 4.79 Å². The van der Waals surface area contributed by atoms with Crippen LogP contribution in [0.5, 0.6) is 0 Å². The maximum absolute atomic E-state index is 12.0. The molecule has 2 aromatic rings. The summed E-state index contributed by atoms with van der Waals surface area (Å²) in [5.74, 6) is 0. The van der Waals surface area contributed by atoms with Crippen LogP contribution in [0.25, 0.3) is 0 Å². The Morgan fingerprint density at radius 1 is 1.39 bits per heavy atom. The van der Waals surface area contributed by atoms with Gasteiger partial charge in [0, 0.05) is 38.0 Å². The zero-order valence-corrected chi connectivity index (χ0v) is 13.2. The number of aromatic nitrogens is 2. The maximum Gasteiger partial charge on any atom is 0.315 e. The number of rotatable bonds is 4. The number of ether oxygens (including phenoxy) is 1. The summed E-state index contributed by atoms with van der Waals surface area (Å²) >= 11 is 0. The second-order valence-electron chi connectivity index (χ2n) is 5.84. The molecule has 6 nitrogen and oxygen atoms in total. The first kappa shape index (κ1) is 15.6. The van der Waals surface area contributed by atoms with Gasteiger partial charge in [-0.3, -0.25) is 4.68 Å². The Balaban J connectivity index is 1.48. The minimum atomic E-state index is -0.146. The SMILES string of the molecule is Cn1cc(CNC(=O)N[C@H]2CCO[C@@H](c3ccccc3)C2)cn1. The molecule has 1 aliphatic heterocycles. The van der Waals surface area contributed by atoms with Crippen LogP contribution < -0.4 is 10.6 Å². The van der Waals surface area contributed by atoms with Gasteiger partial charge in [0.2, 0.25) is 0 Å². The van der Waals surface area contributed by atoms with E-state index in [4.69, 9.17) is 4.74 Å². The van der Waals surface area contributed by atoms with E-state index in [0.29, 0.717) is 13.2 Å². The average Bonchev–Trinajstić information content (AvgIpc) is 3.00. The number of nitrogens with zero attached hydrogens (tertiary/aromatic N) is 2. The molecule has 0 saturated carbocycles. The second-order valence-corrected chi connectivity index (χ2v) is 5.84. The predicted octanol–water partition coefficient (Wildman–Crippen LogP) is 2.14. The maximum atomic E-state index is 12.0. The lowest BCUT2D eigenvalue weighted by Crippen LogP contribution is -2.44. The van der Waals surface area contributed by atoms with Crippen LogP contribution in [0, 0.1) is 0 Å². The van der Waals surface area contributed by atoms with Crippen LogP contribution in [0.3, 0.4) is 0 Å². The molecule has 0 bridgehead atoms.